The second-order valence-corrected chi connectivity index (χ2v) is 14.8. The molecule has 1 fully saturated rings. The molecule has 3 atom stereocenters. The van der Waals surface area contributed by atoms with E-state index in [9.17, 15) is 24.0 Å². The largest absolute Gasteiger partial charge is 0.445 e. The minimum atomic E-state index is -0.834. The number of fused-ring (bicyclic) bond motifs is 1. The Balaban J connectivity index is 1.10. The highest BCUT2D eigenvalue weighted by Gasteiger charge is 2.37. The molecule has 2 aliphatic heterocycles. The molecule has 3 heterocycles. The number of nitrogens with zero attached hydrogens (tertiary/aromatic N) is 5. The minimum Gasteiger partial charge on any atom is -0.445 e. The van der Waals surface area contributed by atoms with Gasteiger partial charge in [0.25, 0.3) is 5.91 Å². The predicted octanol–water partition coefficient (Wildman–Crippen LogP) is 3.95. The third kappa shape index (κ3) is 11.7. The normalized spacial score (nSPS) is 15.8. The van der Waals surface area contributed by atoms with E-state index in [2.05, 4.69) is 30.9 Å². The fourth-order valence-electron chi connectivity index (χ4n) is 6.65. The first-order valence-corrected chi connectivity index (χ1v) is 19.9. The quantitative estimate of drug-likeness (QED) is 0.130. The van der Waals surface area contributed by atoms with E-state index in [1.807, 2.05) is 45.9 Å². The summed E-state index contributed by atoms with van der Waals surface area (Å²) < 4.78 is 5.36. The monoisotopic (exact) mass is 810 g/mol. The summed E-state index contributed by atoms with van der Waals surface area (Å²) in [6.45, 7) is 10.3. The van der Waals surface area contributed by atoms with Gasteiger partial charge in [0.2, 0.25) is 17.7 Å². The summed E-state index contributed by atoms with van der Waals surface area (Å²) in [5.41, 5.74) is 16.5. The number of amidine groups is 1. The Kier molecular flexibility index (Phi) is 15.2. The second kappa shape index (κ2) is 20.5. The topological polar surface area (TPSA) is 237 Å². The minimum absolute atomic E-state index is 0.0256. The Labute approximate surface area is 344 Å². The van der Waals surface area contributed by atoms with E-state index in [1.54, 1.807) is 49.7 Å². The molecule has 2 aromatic carbocycles. The molecule has 314 valence electrons. The number of hydrogen-bond acceptors (Lipinski definition) is 12. The first kappa shape index (κ1) is 43.9. The van der Waals surface area contributed by atoms with E-state index in [0.717, 1.165) is 23.1 Å². The zero-order valence-corrected chi connectivity index (χ0v) is 34.2. The van der Waals surface area contributed by atoms with Crippen molar-refractivity contribution in [2.75, 3.05) is 25.0 Å². The average molecular weight is 811 g/mol. The molecule has 5 rings (SSSR count). The van der Waals surface area contributed by atoms with Gasteiger partial charge in [-0.1, -0.05) is 45.0 Å². The molecule has 17 nitrogen and oxygen atoms in total. The number of anilines is 1. The molecular weight excluding hydrogens is 757 g/mol. The van der Waals surface area contributed by atoms with Gasteiger partial charge < -0.3 is 37.1 Å². The Hall–Kier alpha value is -6.20. The van der Waals surface area contributed by atoms with Crippen molar-refractivity contribution in [1.29, 1.82) is 0 Å². The van der Waals surface area contributed by atoms with Crippen molar-refractivity contribution in [2.24, 2.45) is 22.4 Å². The maximum atomic E-state index is 13.2. The highest BCUT2D eigenvalue weighted by Crippen LogP contribution is 2.32. The van der Waals surface area contributed by atoms with Crippen molar-refractivity contribution in [2.45, 2.75) is 91.6 Å². The summed E-state index contributed by atoms with van der Waals surface area (Å²) >= 11 is 0. The first-order valence-electron chi connectivity index (χ1n) is 19.9. The van der Waals surface area contributed by atoms with E-state index in [0.29, 0.717) is 66.7 Å². The van der Waals surface area contributed by atoms with Crippen LogP contribution in [0.15, 0.2) is 65.4 Å². The summed E-state index contributed by atoms with van der Waals surface area (Å²) in [6.07, 6.45) is 6.54. The highest BCUT2D eigenvalue weighted by molar-refractivity contribution is 6.05. The summed E-state index contributed by atoms with van der Waals surface area (Å²) in [5, 5.41) is 9.67. The van der Waals surface area contributed by atoms with Crippen LogP contribution in [0.1, 0.15) is 77.3 Å². The summed E-state index contributed by atoms with van der Waals surface area (Å²) in [4.78, 5) is 84.9. The van der Waals surface area contributed by atoms with Gasteiger partial charge in [-0.15, -0.1) is 0 Å². The van der Waals surface area contributed by atoms with Crippen LogP contribution in [0.2, 0.25) is 0 Å². The first-order chi connectivity index (χ1) is 28.3. The Morgan fingerprint density at radius 3 is 2.39 bits per heavy atom. The van der Waals surface area contributed by atoms with Crippen molar-refractivity contribution < 1.29 is 33.5 Å². The van der Waals surface area contributed by atoms with Gasteiger partial charge in [0.1, 0.15) is 30.4 Å². The van der Waals surface area contributed by atoms with Gasteiger partial charge in [-0.2, -0.15) is 0 Å². The number of ether oxygens (including phenoxy) is 1. The lowest BCUT2D eigenvalue weighted by Crippen LogP contribution is -2.55. The van der Waals surface area contributed by atoms with Crippen LogP contribution in [0.25, 0.3) is 17.2 Å². The average Bonchev–Trinajstić information content (AvgIpc) is 3.65. The van der Waals surface area contributed by atoms with Crippen LogP contribution in [0.5, 0.6) is 0 Å². The summed E-state index contributed by atoms with van der Waals surface area (Å²) in [6, 6.07) is 10.2. The molecule has 0 radical (unpaired) electrons. The smallest absolute Gasteiger partial charge is 0.407 e. The maximum absolute atomic E-state index is 13.2. The fourth-order valence-corrected chi connectivity index (χ4v) is 6.65. The van der Waals surface area contributed by atoms with Crippen molar-refractivity contribution >= 4 is 53.0 Å². The Morgan fingerprint density at radius 2 is 1.73 bits per heavy atom. The Morgan fingerprint density at radius 1 is 1.00 bits per heavy atom. The van der Waals surface area contributed by atoms with E-state index < -0.39 is 30.1 Å². The molecule has 2 aliphatic rings. The van der Waals surface area contributed by atoms with Crippen molar-refractivity contribution in [1.82, 2.24) is 30.6 Å². The summed E-state index contributed by atoms with van der Waals surface area (Å²) in [7, 11) is 0. The van der Waals surface area contributed by atoms with E-state index in [1.165, 1.54) is 9.96 Å². The zero-order chi connectivity index (χ0) is 42.6. The molecule has 59 heavy (non-hydrogen) atoms. The van der Waals surface area contributed by atoms with Crippen molar-refractivity contribution in [3.8, 4) is 11.1 Å². The summed E-state index contributed by atoms with van der Waals surface area (Å²) in [5.74, 6) is -0.862. The number of carbonyl (C=O) groups excluding carboxylic acids is 5. The molecule has 7 N–H and O–H groups in total. The predicted molar refractivity (Wildman–Crippen MR) is 222 cm³/mol. The molecule has 0 saturated carbocycles. The van der Waals surface area contributed by atoms with Crippen LogP contribution in [-0.2, 0) is 41.9 Å². The van der Waals surface area contributed by atoms with E-state index in [4.69, 9.17) is 21.0 Å². The molecule has 1 aromatic heterocycles. The number of rotatable bonds is 16. The fraction of sp³-hybridized carbons (Fsp3) is 0.429. The van der Waals surface area contributed by atoms with Gasteiger partial charge >= 0.3 is 6.09 Å². The zero-order valence-electron chi connectivity index (χ0n) is 34.2. The molecule has 0 spiro atoms. The van der Waals surface area contributed by atoms with Crippen LogP contribution in [-0.4, -0.2) is 93.3 Å². The molecular formula is C42H54N10O7. The number of hydroxylamine groups is 2. The van der Waals surface area contributed by atoms with Crippen LogP contribution >= 0.6 is 0 Å². The van der Waals surface area contributed by atoms with E-state index >= 15 is 0 Å². The number of amides is 5. The number of hydrogen-bond donors (Lipinski definition) is 5. The van der Waals surface area contributed by atoms with Gasteiger partial charge in [0.05, 0.1) is 24.9 Å². The maximum Gasteiger partial charge on any atom is 0.407 e. The molecule has 5 amide bonds. The molecule has 1 saturated heterocycles. The number of nitrogens with one attached hydrogen (secondary N) is 3. The van der Waals surface area contributed by atoms with Crippen LogP contribution in [0, 0.1) is 5.92 Å². The van der Waals surface area contributed by atoms with Crippen molar-refractivity contribution in [3.63, 3.8) is 0 Å². The van der Waals surface area contributed by atoms with Gasteiger partial charge in [0.15, 0.2) is 0 Å². The number of aliphatic imine (C=N–C) groups is 1. The second-order valence-electron chi connectivity index (χ2n) is 14.8. The van der Waals surface area contributed by atoms with E-state index in [-0.39, 0.29) is 43.2 Å². The van der Waals surface area contributed by atoms with Gasteiger partial charge in [0, 0.05) is 54.3 Å². The number of likely N-dealkylation sites (tertiary alicyclic amines) is 1. The van der Waals surface area contributed by atoms with Crippen molar-refractivity contribution in [3.05, 3.63) is 77.4 Å². The molecule has 0 aliphatic carbocycles. The number of nitrogens with two attached hydrogens (primary N) is 2. The number of aromatic nitrogens is 2. The van der Waals surface area contributed by atoms with Crippen LogP contribution in [0.4, 0.5) is 16.2 Å². The lowest BCUT2D eigenvalue weighted by Gasteiger charge is -2.28. The van der Waals surface area contributed by atoms with Crippen LogP contribution < -0.4 is 27.4 Å². The third-order valence-corrected chi connectivity index (χ3v) is 9.70. The highest BCUT2D eigenvalue weighted by atomic mass is 16.7. The third-order valence-electron chi connectivity index (χ3n) is 9.70. The lowest BCUT2D eigenvalue weighted by atomic mass is 10.0. The lowest BCUT2D eigenvalue weighted by molar-refractivity contribution is -0.180. The van der Waals surface area contributed by atoms with Gasteiger partial charge in [-0.05, 0) is 74.4 Å². The standard InChI is InChI=1S/C42H54N10O7/c1-6-16-52(59-7-2)41(56)30-18-29-13-12-28(19-33(29)49-35(44)20-30)31-21-45-36(46-22-31)23-47-42(57)58-24-27-10-14-32(15-11-27)48-39(54)37(25(3)4)50-38(53)34-9-8-17-51(34)40(55)26(5)43/h10-15,18-19,21-22,25-26,34,37H,6-9,16-17,20,23-24,43H2,1-5H3,(H2,44,49)(H,47,57)(H,48,54)(H,50,53)/t26-,34-,37-/m0/s1. The molecule has 0 unspecified atom stereocenters. The SMILES string of the molecule is CCCN(OCC)C(=O)C1=Cc2ccc(-c3cnc(CNC(=O)OCc4ccc(NC(=O)[C@@H](NC(=O)[C@@H]5CCCN5C(=O)[C@H](C)N)C(C)C)cc4)nc3)cc2N=C(N)C1. The number of carbonyl (C=O) groups is 5. The van der Waals surface area contributed by atoms with Gasteiger partial charge in [-0.25, -0.2) is 24.8 Å². The number of benzene rings is 2. The molecule has 3 aromatic rings. The Bertz CT molecular complexity index is 2040. The molecule has 0 bridgehead atoms. The molecule has 17 heteroatoms. The number of alkyl carbamates (subject to hydrolysis) is 1. The van der Waals surface area contributed by atoms with Gasteiger partial charge in [-0.3, -0.25) is 24.0 Å². The van der Waals surface area contributed by atoms with Crippen LogP contribution in [0.3, 0.4) is 0 Å².